The summed E-state index contributed by atoms with van der Waals surface area (Å²) in [5.41, 5.74) is 3.11. The lowest BCUT2D eigenvalue weighted by Crippen LogP contribution is -2.33. The Hall–Kier alpha value is -3.87. The number of carbonyl (C=O) groups excluding carboxylic acids is 2. The predicted molar refractivity (Wildman–Crippen MR) is 114 cm³/mol. The Bertz CT molecular complexity index is 1090. The van der Waals surface area contributed by atoms with E-state index in [2.05, 4.69) is 10.5 Å². The number of ether oxygens (including phenoxy) is 3. The van der Waals surface area contributed by atoms with Crippen molar-refractivity contribution in [2.24, 2.45) is 5.10 Å². The van der Waals surface area contributed by atoms with Crippen LogP contribution in [0.3, 0.4) is 0 Å². The molecule has 0 fully saturated rings. The van der Waals surface area contributed by atoms with E-state index in [4.69, 9.17) is 14.2 Å². The van der Waals surface area contributed by atoms with Gasteiger partial charge in [0.25, 0.3) is 5.91 Å². The average Bonchev–Trinajstić information content (AvgIpc) is 2.74. The van der Waals surface area contributed by atoms with E-state index in [1.54, 1.807) is 25.1 Å². The zero-order chi connectivity index (χ0) is 21.5. The molecule has 3 rings (SSSR count). The molecule has 1 N–H and O–H groups in total. The highest BCUT2D eigenvalue weighted by molar-refractivity contribution is 5.86. The predicted octanol–water partition coefficient (Wildman–Crippen LogP) is 3.69. The van der Waals surface area contributed by atoms with Gasteiger partial charge in [-0.1, -0.05) is 30.3 Å². The molecule has 30 heavy (non-hydrogen) atoms. The smallest absolute Gasteiger partial charge is 0.308 e. The van der Waals surface area contributed by atoms with Crippen molar-refractivity contribution in [2.75, 3.05) is 7.11 Å². The maximum Gasteiger partial charge on any atom is 0.308 e. The molecule has 0 aliphatic carbocycles. The van der Waals surface area contributed by atoms with Gasteiger partial charge in [0, 0.05) is 6.92 Å². The normalized spacial score (nSPS) is 11.8. The van der Waals surface area contributed by atoms with E-state index in [-0.39, 0.29) is 5.91 Å². The summed E-state index contributed by atoms with van der Waals surface area (Å²) in [6.45, 7) is 2.96. The van der Waals surface area contributed by atoms with Crippen LogP contribution in [-0.2, 0) is 9.59 Å². The molecule has 7 heteroatoms. The molecule has 7 nitrogen and oxygen atoms in total. The molecule has 0 saturated heterocycles. The lowest BCUT2D eigenvalue weighted by molar-refractivity contribution is -0.132. The second-order valence-corrected chi connectivity index (χ2v) is 6.51. The largest absolute Gasteiger partial charge is 0.493 e. The standard InChI is InChI=1S/C23H22N2O5/c1-15(29-20-10-9-18-6-4-5-7-19(18)13-20)23(27)25-24-14-17-8-11-21(30-16(2)26)22(12-17)28-3/h4-15H,1-3H3,(H,25,27)/b24-14-/t15-/m1/s1. The number of carbonyl (C=O) groups is 2. The number of hydrogen-bond donors (Lipinski definition) is 1. The molecule has 0 aromatic heterocycles. The van der Waals surface area contributed by atoms with Crippen molar-refractivity contribution in [3.8, 4) is 17.2 Å². The van der Waals surface area contributed by atoms with Crippen LogP contribution < -0.4 is 19.6 Å². The van der Waals surface area contributed by atoms with Gasteiger partial charge in [0.05, 0.1) is 13.3 Å². The minimum atomic E-state index is -0.732. The van der Waals surface area contributed by atoms with Crippen molar-refractivity contribution in [1.82, 2.24) is 5.43 Å². The van der Waals surface area contributed by atoms with E-state index in [1.165, 1.54) is 20.2 Å². The Morgan fingerprint density at radius 3 is 2.50 bits per heavy atom. The maximum atomic E-state index is 12.3. The molecule has 1 atom stereocenters. The van der Waals surface area contributed by atoms with Gasteiger partial charge in [0.2, 0.25) is 0 Å². The molecule has 154 valence electrons. The maximum absolute atomic E-state index is 12.3. The number of nitrogens with one attached hydrogen (secondary N) is 1. The molecule has 0 aliphatic heterocycles. The monoisotopic (exact) mass is 406 g/mol. The molecule has 1 amide bonds. The van der Waals surface area contributed by atoms with E-state index in [1.807, 2.05) is 42.5 Å². The topological polar surface area (TPSA) is 86.2 Å². The van der Waals surface area contributed by atoms with Crippen LogP contribution in [0.2, 0.25) is 0 Å². The Morgan fingerprint density at radius 2 is 1.77 bits per heavy atom. The highest BCUT2D eigenvalue weighted by atomic mass is 16.6. The lowest BCUT2D eigenvalue weighted by atomic mass is 10.1. The molecule has 0 aliphatic rings. The van der Waals surface area contributed by atoms with E-state index < -0.39 is 12.1 Å². The Kier molecular flexibility index (Phi) is 6.64. The third-order valence-electron chi connectivity index (χ3n) is 4.23. The average molecular weight is 406 g/mol. The highest BCUT2D eigenvalue weighted by Crippen LogP contribution is 2.27. The number of esters is 1. The summed E-state index contributed by atoms with van der Waals surface area (Å²) >= 11 is 0. The van der Waals surface area contributed by atoms with Crippen LogP contribution in [-0.4, -0.2) is 31.3 Å². The quantitative estimate of drug-likeness (QED) is 0.280. The lowest BCUT2D eigenvalue weighted by Gasteiger charge is -2.13. The van der Waals surface area contributed by atoms with Gasteiger partial charge in [0.1, 0.15) is 5.75 Å². The van der Waals surface area contributed by atoms with Crippen molar-refractivity contribution in [3.05, 3.63) is 66.2 Å². The molecule has 3 aromatic rings. The number of amides is 1. The zero-order valence-corrected chi connectivity index (χ0v) is 16.9. The summed E-state index contributed by atoms with van der Waals surface area (Å²) < 4.78 is 16.0. The third-order valence-corrected chi connectivity index (χ3v) is 4.23. The number of benzene rings is 3. The van der Waals surface area contributed by atoms with Crippen molar-refractivity contribution in [2.45, 2.75) is 20.0 Å². The van der Waals surface area contributed by atoms with Gasteiger partial charge in [-0.3, -0.25) is 9.59 Å². The van der Waals surface area contributed by atoms with Crippen molar-refractivity contribution < 1.29 is 23.8 Å². The number of methoxy groups -OCH3 is 1. The second kappa shape index (κ2) is 9.56. The SMILES string of the molecule is COc1cc(/C=N\NC(=O)[C@@H](C)Oc2ccc3ccccc3c2)ccc1OC(C)=O. The minimum Gasteiger partial charge on any atom is -0.493 e. The molecule has 0 unspecified atom stereocenters. The summed E-state index contributed by atoms with van der Waals surface area (Å²) in [4.78, 5) is 23.4. The van der Waals surface area contributed by atoms with Crippen LogP contribution in [0.25, 0.3) is 10.8 Å². The molecular formula is C23H22N2O5. The highest BCUT2D eigenvalue weighted by Gasteiger charge is 2.14. The van der Waals surface area contributed by atoms with Gasteiger partial charge in [0.15, 0.2) is 17.6 Å². The Morgan fingerprint density at radius 1 is 1.00 bits per heavy atom. The number of fused-ring (bicyclic) bond motifs is 1. The van der Waals surface area contributed by atoms with Crippen molar-refractivity contribution >= 4 is 28.9 Å². The van der Waals surface area contributed by atoms with Gasteiger partial charge in [-0.25, -0.2) is 5.43 Å². The summed E-state index contributed by atoms with van der Waals surface area (Å²) in [7, 11) is 1.47. The Balaban J connectivity index is 1.59. The van der Waals surface area contributed by atoms with E-state index in [0.29, 0.717) is 22.8 Å². The van der Waals surface area contributed by atoms with Crippen LogP contribution in [0.1, 0.15) is 19.4 Å². The number of nitrogens with zero attached hydrogens (tertiary/aromatic N) is 1. The Labute approximate surface area is 174 Å². The minimum absolute atomic E-state index is 0.309. The summed E-state index contributed by atoms with van der Waals surface area (Å²) in [5.74, 6) is 0.466. The molecule has 0 bridgehead atoms. The number of hydrogen-bond acceptors (Lipinski definition) is 6. The van der Waals surface area contributed by atoms with E-state index >= 15 is 0 Å². The van der Waals surface area contributed by atoms with E-state index in [0.717, 1.165) is 10.8 Å². The van der Waals surface area contributed by atoms with E-state index in [9.17, 15) is 9.59 Å². The summed E-state index contributed by atoms with van der Waals surface area (Å²) in [6.07, 6.45) is 0.727. The van der Waals surface area contributed by atoms with Crippen LogP contribution in [0.4, 0.5) is 0 Å². The molecule has 0 heterocycles. The fourth-order valence-electron chi connectivity index (χ4n) is 2.76. The summed E-state index contributed by atoms with van der Waals surface area (Å²) in [5, 5.41) is 6.09. The zero-order valence-electron chi connectivity index (χ0n) is 16.9. The molecule has 0 saturated carbocycles. The second-order valence-electron chi connectivity index (χ2n) is 6.51. The van der Waals surface area contributed by atoms with Crippen LogP contribution >= 0.6 is 0 Å². The molecule has 0 spiro atoms. The number of hydrazone groups is 1. The number of rotatable bonds is 7. The molecule has 3 aromatic carbocycles. The first-order valence-electron chi connectivity index (χ1n) is 9.31. The van der Waals surface area contributed by atoms with Crippen LogP contribution in [0.15, 0.2) is 65.8 Å². The molecule has 0 radical (unpaired) electrons. The van der Waals surface area contributed by atoms with Gasteiger partial charge < -0.3 is 14.2 Å². The van der Waals surface area contributed by atoms with Gasteiger partial charge >= 0.3 is 5.97 Å². The molecular weight excluding hydrogens is 384 g/mol. The first kappa shape index (κ1) is 20.9. The first-order valence-corrected chi connectivity index (χ1v) is 9.31. The summed E-state index contributed by atoms with van der Waals surface area (Å²) in [6, 6.07) is 18.5. The fraction of sp³-hybridized carbons (Fsp3) is 0.174. The van der Waals surface area contributed by atoms with Gasteiger partial charge in [-0.2, -0.15) is 5.10 Å². The van der Waals surface area contributed by atoms with Crippen molar-refractivity contribution in [1.29, 1.82) is 0 Å². The third kappa shape index (κ3) is 5.35. The first-order chi connectivity index (χ1) is 14.5. The van der Waals surface area contributed by atoms with Gasteiger partial charge in [-0.05, 0) is 53.6 Å². The van der Waals surface area contributed by atoms with Crippen molar-refractivity contribution in [3.63, 3.8) is 0 Å². The van der Waals surface area contributed by atoms with Crippen LogP contribution in [0.5, 0.6) is 17.2 Å². The fourth-order valence-corrected chi connectivity index (χ4v) is 2.76. The van der Waals surface area contributed by atoms with Crippen LogP contribution in [0, 0.1) is 0 Å². The van der Waals surface area contributed by atoms with Gasteiger partial charge in [-0.15, -0.1) is 0 Å².